The van der Waals surface area contributed by atoms with Gasteiger partial charge in [0.2, 0.25) is 5.91 Å². The van der Waals surface area contributed by atoms with Gasteiger partial charge < -0.3 is 24.4 Å². The molecule has 0 saturated heterocycles. The first-order chi connectivity index (χ1) is 18.0. The van der Waals surface area contributed by atoms with Crippen molar-refractivity contribution < 1.29 is 23.8 Å². The standard InChI is InChI=1S/C29H33ClN2O5/c1-3-36-19-9-18-31-29(34)28(23-10-5-4-6-11-23)32(20-22-14-16-24(35-2)17-15-22)27(33)21-37-26-13-8-7-12-25(26)30/h4-8,10-17,28H,3,9,18-21H2,1-2H3,(H,31,34)/t28-/m1/s1. The minimum Gasteiger partial charge on any atom is -0.497 e. The van der Waals surface area contributed by atoms with Gasteiger partial charge in [0.05, 0.1) is 12.1 Å². The number of rotatable bonds is 14. The van der Waals surface area contributed by atoms with Gasteiger partial charge in [0.25, 0.3) is 5.91 Å². The zero-order valence-corrected chi connectivity index (χ0v) is 21.9. The average Bonchev–Trinajstić information content (AvgIpc) is 2.93. The van der Waals surface area contributed by atoms with Crippen molar-refractivity contribution in [2.75, 3.05) is 33.5 Å². The van der Waals surface area contributed by atoms with E-state index in [0.29, 0.717) is 48.3 Å². The lowest BCUT2D eigenvalue weighted by molar-refractivity contribution is -0.143. The van der Waals surface area contributed by atoms with E-state index in [1.165, 1.54) is 4.90 Å². The van der Waals surface area contributed by atoms with Crippen LogP contribution in [0, 0.1) is 0 Å². The van der Waals surface area contributed by atoms with E-state index < -0.39 is 6.04 Å². The highest BCUT2D eigenvalue weighted by Gasteiger charge is 2.31. The summed E-state index contributed by atoms with van der Waals surface area (Å²) in [6.45, 7) is 3.45. The number of methoxy groups -OCH3 is 1. The lowest BCUT2D eigenvalue weighted by Crippen LogP contribution is -2.45. The van der Waals surface area contributed by atoms with Crippen LogP contribution >= 0.6 is 11.6 Å². The van der Waals surface area contributed by atoms with Crippen molar-refractivity contribution in [1.29, 1.82) is 0 Å². The lowest BCUT2D eigenvalue weighted by atomic mass is 10.0. The maximum atomic E-state index is 13.6. The summed E-state index contributed by atoms with van der Waals surface area (Å²) in [6, 6.07) is 22.7. The Morgan fingerprint density at radius 3 is 2.35 bits per heavy atom. The second-order valence-corrected chi connectivity index (χ2v) is 8.65. The molecule has 0 radical (unpaired) electrons. The number of para-hydroxylation sites is 1. The molecule has 37 heavy (non-hydrogen) atoms. The summed E-state index contributed by atoms with van der Waals surface area (Å²) in [6.07, 6.45) is 0.670. The molecule has 3 aromatic rings. The maximum absolute atomic E-state index is 13.6. The lowest BCUT2D eigenvalue weighted by Gasteiger charge is -2.31. The van der Waals surface area contributed by atoms with Crippen molar-refractivity contribution in [3.63, 3.8) is 0 Å². The number of nitrogens with one attached hydrogen (secondary N) is 1. The smallest absolute Gasteiger partial charge is 0.261 e. The van der Waals surface area contributed by atoms with Crippen LogP contribution in [0.5, 0.6) is 11.5 Å². The maximum Gasteiger partial charge on any atom is 0.261 e. The Bertz CT molecular complexity index is 1120. The third-order valence-electron chi connectivity index (χ3n) is 5.66. The molecule has 0 saturated carbocycles. The number of hydrogen-bond acceptors (Lipinski definition) is 5. The van der Waals surface area contributed by atoms with E-state index in [-0.39, 0.29) is 25.0 Å². The average molecular weight is 525 g/mol. The highest BCUT2D eigenvalue weighted by atomic mass is 35.5. The summed E-state index contributed by atoms with van der Waals surface area (Å²) >= 11 is 6.21. The summed E-state index contributed by atoms with van der Waals surface area (Å²) in [7, 11) is 1.60. The first-order valence-electron chi connectivity index (χ1n) is 12.2. The summed E-state index contributed by atoms with van der Waals surface area (Å²) in [5.41, 5.74) is 1.54. The number of carbonyl (C=O) groups excluding carboxylic acids is 2. The highest BCUT2D eigenvalue weighted by molar-refractivity contribution is 6.32. The third kappa shape index (κ3) is 8.51. The van der Waals surface area contributed by atoms with Gasteiger partial charge in [-0.25, -0.2) is 0 Å². The number of benzene rings is 3. The third-order valence-corrected chi connectivity index (χ3v) is 5.98. The molecule has 1 atom stereocenters. The largest absolute Gasteiger partial charge is 0.497 e. The van der Waals surface area contributed by atoms with Crippen molar-refractivity contribution in [3.05, 3.63) is 95.0 Å². The quantitative estimate of drug-likeness (QED) is 0.299. The molecule has 0 unspecified atom stereocenters. The van der Waals surface area contributed by atoms with Crippen molar-refractivity contribution in [1.82, 2.24) is 10.2 Å². The normalized spacial score (nSPS) is 11.4. The number of halogens is 1. The molecular formula is C29H33ClN2O5. The summed E-state index contributed by atoms with van der Waals surface area (Å²) in [4.78, 5) is 28.7. The first kappa shape index (κ1) is 28.0. The fourth-order valence-corrected chi connectivity index (χ4v) is 3.96. The topological polar surface area (TPSA) is 77.1 Å². The Balaban J connectivity index is 1.88. The van der Waals surface area contributed by atoms with Crippen molar-refractivity contribution in [2.45, 2.75) is 25.9 Å². The molecule has 8 heteroatoms. The molecule has 1 N–H and O–H groups in total. The van der Waals surface area contributed by atoms with E-state index in [9.17, 15) is 9.59 Å². The van der Waals surface area contributed by atoms with E-state index in [4.69, 9.17) is 25.8 Å². The Kier molecular flexibility index (Phi) is 11.3. The molecule has 0 aliphatic carbocycles. The number of carbonyl (C=O) groups is 2. The van der Waals surface area contributed by atoms with Crippen LogP contribution < -0.4 is 14.8 Å². The van der Waals surface area contributed by atoms with Crippen molar-refractivity contribution in [3.8, 4) is 11.5 Å². The number of ether oxygens (including phenoxy) is 3. The van der Waals surface area contributed by atoms with Crippen LogP contribution in [0.15, 0.2) is 78.9 Å². The van der Waals surface area contributed by atoms with E-state index >= 15 is 0 Å². The Hall–Kier alpha value is -3.55. The highest BCUT2D eigenvalue weighted by Crippen LogP contribution is 2.26. The monoisotopic (exact) mass is 524 g/mol. The fourth-order valence-electron chi connectivity index (χ4n) is 3.77. The van der Waals surface area contributed by atoms with Gasteiger partial charge in [-0.15, -0.1) is 0 Å². The number of amides is 2. The molecule has 0 aliphatic rings. The van der Waals surface area contributed by atoms with Gasteiger partial charge in [0.15, 0.2) is 6.61 Å². The minimum absolute atomic E-state index is 0.195. The van der Waals surface area contributed by atoms with E-state index in [0.717, 1.165) is 5.56 Å². The second-order valence-electron chi connectivity index (χ2n) is 8.24. The minimum atomic E-state index is -0.863. The number of nitrogens with zero attached hydrogens (tertiary/aromatic N) is 1. The molecule has 2 amide bonds. The van der Waals surface area contributed by atoms with E-state index in [2.05, 4.69) is 5.32 Å². The predicted octanol–water partition coefficient (Wildman–Crippen LogP) is 5.04. The summed E-state index contributed by atoms with van der Waals surface area (Å²) < 4.78 is 16.4. The van der Waals surface area contributed by atoms with Crippen LogP contribution in [0.4, 0.5) is 0 Å². The fraction of sp³-hybridized carbons (Fsp3) is 0.310. The van der Waals surface area contributed by atoms with Gasteiger partial charge in [-0.1, -0.05) is 66.2 Å². The zero-order chi connectivity index (χ0) is 26.5. The molecule has 7 nitrogen and oxygen atoms in total. The first-order valence-corrected chi connectivity index (χ1v) is 12.6. The Labute approximate surface area is 223 Å². The SMILES string of the molecule is CCOCCCNC(=O)[C@@H](c1ccccc1)N(Cc1ccc(OC)cc1)C(=O)COc1ccccc1Cl. The molecule has 0 aromatic heterocycles. The summed E-state index contributed by atoms with van der Waals surface area (Å²) in [5.74, 6) is 0.477. The van der Waals surface area contributed by atoms with Crippen LogP contribution in [0.1, 0.15) is 30.5 Å². The molecule has 0 heterocycles. The van der Waals surface area contributed by atoms with Gasteiger partial charge >= 0.3 is 0 Å². The van der Waals surface area contributed by atoms with E-state index in [1.54, 1.807) is 31.4 Å². The number of hydrogen-bond donors (Lipinski definition) is 1. The molecule has 0 fully saturated rings. The summed E-state index contributed by atoms with van der Waals surface area (Å²) in [5, 5.41) is 3.37. The predicted molar refractivity (Wildman–Crippen MR) is 144 cm³/mol. The molecule has 3 rings (SSSR count). The second kappa shape index (κ2) is 14.9. The Morgan fingerprint density at radius 2 is 1.68 bits per heavy atom. The zero-order valence-electron chi connectivity index (χ0n) is 21.2. The van der Waals surface area contributed by atoms with Crippen molar-refractivity contribution >= 4 is 23.4 Å². The van der Waals surface area contributed by atoms with Gasteiger partial charge in [0, 0.05) is 26.3 Å². The van der Waals surface area contributed by atoms with Gasteiger partial charge in [0.1, 0.15) is 17.5 Å². The van der Waals surface area contributed by atoms with E-state index in [1.807, 2.05) is 61.5 Å². The van der Waals surface area contributed by atoms with Gasteiger partial charge in [-0.05, 0) is 48.7 Å². The molecule has 0 bridgehead atoms. The van der Waals surface area contributed by atoms with Crippen LogP contribution in [0.25, 0.3) is 0 Å². The van der Waals surface area contributed by atoms with Gasteiger partial charge in [-0.3, -0.25) is 9.59 Å². The van der Waals surface area contributed by atoms with Crippen LogP contribution in [0.3, 0.4) is 0 Å². The van der Waals surface area contributed by atoms with Crippen molar-refractivity contribution in [2.24, 2.45) is 0 Å². The van der Waals surface area contributed by atoms with Crippen LogP contribution in [0.2, 0.25) is 5.02 Å². The van der Waals surface area contributed by atoms with Crippen LogP contribution in [-0.2, 0) is 20.9 Å². The Morgan fingerprint density at radius 1 is 0.973 bits per heavy atom. The van der Waals surface area contributed by atoms with Gasteiger partial charge in [-0.2, -0.15) is 0 Å². The molecule has 0 spiro atoms. The molecule has 196 valence electrons. The van der Waals surface area contributed by atoms with Crippen LogP contribution in [-0.4, -0.2) is 50.2 Å². The molecule has 3 aromatic carbocycles. The molecular weight excluding hydrogens is 492 g/mol. The molecule has 0 aliphatic heterocycles.